The average molecular weight is 217 g/mol. The molecule has 84 valence electrons. The predicted molar refractivity (Wildman–Crippen MR) is 60.1 cm³/mol. The summed E-state index contributed by atoms with van der Waals surface area (Å²) in [4.78, 5) is 4.02. The average Bonchev–Trinajstić information content (AvgIpc) is 2.30. The Balaban J connectivity index is 4.45. The first-order valence-corrected chi connectivity index (χ1v) is 5.20. The highest BCUT2D eigenvalue weighted by atomic mass is 14.8. The van der Waals surface area contributed by atoms with Crippen LogP contribution in [0.5, 0.6) is 0 Å². The van der Waals surface area contributed by atoms with Crippen molar-refractivity contribution in [2.75, 3.05) is 6.54 Å². The van der Waals surface area contributed by atoms with Crippen molar-refractivity contribution in [3.05, 3.63) is 0 Å². The smallest absolute Gasteiger partial charge is 0.154 e. The third-order valence-corrected chi connectivity index (χ3v) is 2.11. The van der Waals surface area contributed by atoms with Crippen molar-refractivity contribution >= 4 is 5.71 Å². The van der Waals surface area contributed by atoms with E-state index in [1.54, 1.807) is 12.1 Å². The van der Waals surface area contributed by atoms with Crippen molar-refractivity contribution in [3.8, 4) is 18.2 Å². The quantitative estimate of drug-likeness (QED) is 0.531. The first-order valence-electron chi connectivity index (χ1n) is 5.20. The van der Waals surface area contributed by atoms with Gasteiger partial charge in [0.05, 0.1) is 18.2 Å². The summed E-state index contributed by atoms with van der Waals surface area (Å²) in [6, 6.07) is 4.45. The van der Waals surface area contributed by atoms with Gasteiger partial charge in [-0.1, -0.05) is 19.8 Å². The number of hydrogen-bond acceptors (Lipinski definition) is 5. The number of unbranched alkanes of at least 4 members (excludes halogenated alkanes) is 2. The molecule has 1 unspecified atom stereocenters. The number of nitrogens with zero attached hydrogens (tertiary/aromatic N) is 4. The highest BCUT2D eigenvalue weighted by molar-refractivity contribution is 6.03. The summed E-state index contributed by atoms with van der Waals surface area (Å²) in [7, 11) is 0. The third kappa shape index (κ3) is 4.55. The molecule has 0 rings (SSSR count). The minimum Gasteiger partial charge on any atom is -0.320 e. The molecular formula is C11H15N5. The van der Waals surface area contributed by atoms with Crippen LogP contribution < -0.4 is 5.73 Å². The Bertz CT molecular complexity index is 338. The maximum absolute atomic E-state index is 8.81. The van der Waals surface area contributed by atoms with E-state index in [4.69, 9.17) is 21.5 Å². The van der Waals surface area contributed by atoms with Crippen molar-refractivity contribution in [1.29, 1.82) is 15.8 Å². The normalized spacial score (nSPS) is 12.6. The molecular weight excluding hydrogens is 202 g/mol. The molecule has 1 atom stereocenters. The number of nitriles is 3. The molecule has 0 aliphatic carbocycles. The molecule has 0 spiro atoms. The summed E-state index contributed by atoms with van der Waals surface area (Å²) in [5.41, 5.74) is 5.70. The molecule has 0 aromatic rings. The highest BCUT2D eigenvalue weighted by Crippen LogP contribution is 2.02. The van der Waals surface area contributed by atoms with E-state index in [0.717, 1.165) is 19.3 Å². The fourth-order valence-electron chi connectivity index (χ4n) is 1.12. The number of rotatable bonds is 6. The Labute approximate surface area is 95.8 Å². The molecule has 0 aliphatic heterocycles. The lowest BCUT2D eigenvalue weighted by atomic mass is 10.00. The van der Waals surface area contributed by atoms with E-state index in [1.165, 1.54) is 0 Å². The second-order valence-corrected chi connectivity index (χ2v) is 3.35. The van der Waals surface area contributed by atoms with E-state index < -0.39 is 12.0 Å². The van der Waals surface area contributed by atoms with Crippen molar-refractivity contribution < 1.29 is 0 Å². The minimum atomic E-state index is -1.01. The zero-order chi connectivity index (χ0) is 12.4. The molecule has 0 aromatic carbocycles. The number of hydrogen-bond donors (Lipinski definition) is 1. The van der Waals surface area contributed by atoms with Gasteiger partial charge in [0.2, 0.25) is 0 Å². The van der Waals surface area contributed by atoms with Gasteiger partial charge < -0.3 is 5.73 Å². The van der Waals surface area contributed by atoms with Crippen LogP contribution in [0.25, 0.3) is 0 Å². The summed E-state index contributed by atoms with van der Waals surface area (Å²) in [6.07, 6.45) is 3.00. The van der Waals surface area contributed by atoms with Gasteiger partial charge in [-0.15, -0.1) is 0 Å². The lowest BCUT2D eigenvalue weighted by Crippen LogP contribution is -2.36. The van der Waals surface area contributed by atoms with Gasteiger partial charge in [0.15, 0.2) is 5.92 Å². The van der Waals surface area contributed by atoms with Gasteiger partial charge in [0.25, 0.3) is 0 Å². The highest BCUT2D eigenvalue weighted by Gasteiger charge is 2.21. The van der Waals surface area contributed by atoms with E-state index in [0.29, 0.717) is 6.54 Å². The summed E-state index contributed by atoms with van der Waals surface area (Å²) < 4.78 is 0. The Kier molecular flexibility index (Phi) is 7.41. The second-order valence-electron chi connectivity index (χ2n) is 3.35. The minimum absolute atomic E-state index is 0.0872. The largest absolute Gasteiger partial charge is 0.320 e. The first kappa shape index (κ1) is 14.1. The molecule has 0 aromatic heterocycles. The van der Waals surface area contributed by atoms with Gasteiger partial charge in [-0.2, -0.15) is 15.8 Å². The summed E-state index contributed by atoms with van der Waals surface area (Å²) >= 11 is 0. The van der Waals surface area contributed by atoms with Crippen molar-refractivity contribution in [1.82, 2.24) is 0 Å². The van der Waals surface area contributed by atoms with Crippen LogP contribution in [0.1, 0.15) is 26.2 Å². The standard InChI is InChI=1S/C11H15N5/c1-2-3-4-5-16-10(8-14)11(15)9(6-12)7-13/h9,11H,2-5,15H2,1H3/b16-10+. The summed E-state index contributed by atoms with van der Waals surface area (Å²) in [5, 5.41) is 26.1. The predicted octanol–water partition coefficient (Wildman–Crippen LogP) is 1.13. The Hall–Kier alpha value is -1.90. The Morgan fingerprint density at radius 1 is 1.25 bits per heavy atom. The lowest BCUT2D eigenvalue weighted by Gasteiger charge is -2.08. The van der Waals surface area contributed by atoms with Crippen LogP contribution in [0.15, 0.2) is 4.99 Å². The molecule has 0 aliphatic rings. The van der Waals surface area contributed by atoms with E-state index in [9.17, 15) is 0 Å². The molecule has 0 radical (unpaired) electrons. The Morgan fingerprint density at radius 3 is 2.31 bits per heavy atom. The van der Waals surface area contributed by atoms with Crippen LogP contribution in [-0.2, 0) is 0 Å². The van der Waals surface area contributed by atoms with Crippen molar-refractivity contribution in [2.24, 2.45) is 16.6 Å². The van der Waals surface area contributed by atoms with E-state index in [-0.39, 0.29) is 5.71 Å². The lowest BCUT2D eigenvalue weighted by molar-refractivity contribution is 0.714. The SMILES string of the molecule is CCCCC/N=C(\C#N)C(N)C(C#N)C#N. The van der Waals surface area contributed by atoms with Crippen LogP contribution in [0.2, 0.25) is 0 Å². The fraction of sp³-hybridized carbons (Fsp3) is 0.636. The summed E-state index contributed by atoms with van der Waals surface area (Å²) in [5.74, 6) is -1.01. The van der Waals surface area contributed by atoms with Crippen LogP contribution >= 0.6 is 0 Å². The molecule has 2 N–H and O–H groups in total. The van der Waals surface area contributed by atoms with Gasteiger partial charge in [-0.25, -0.2) is 0 Å². The molecule has 0 bridgehead atoms. The van der Waals surface area contributed by atoms with Crippen LogP contribution in [-0.4, -0.2) is 18.3 Å². The van der Waals surface area contributed by atoms with Gasteiger partial charge in [0.1, 0.15) is 11.8 Å². The van der Waals surface area contributed by atoms with E-state index >= 15 is 0 Å². The van der Waals surface area contributed by atoms with Crippen LogP contribution in [0.3, 0.4) is 0 Å². The zero-order valence-electron chi connectivity index (χ0n) is 9.35. The monoisotopic (exact) mass is 217 g/mol. The zero-order valence-corrected chi connectivity index (χ0v) is 9.35. The van der Waals surface area contributed by atoms with Gasteiger partial charge in [-0.05, 0) is 6.42 Å². The third-order valence-electron chi connectivity index (χ3n) is 2.11. The summed E-state index contributed by atoms with van der Waals surface area (Å²) in [6.45, 7) is 2.59. The first-order chi connectivity index (χ1) is 7.71. The van der Waals surface area contributed by atoms with Gasteiger partial charge >= 0.3 is 0 Å². The number of aliphatic imine (C=N–C) groups is 1. The van der Waals surface area contributed by atoms with Crippen molar-refractivity contribution in [2.45, 2.75) is 32.2 Å². The second kappa shape index (κ2) is 8.41. The Morgan fingerprint density at radius 2 is 1.88 bits per heavy atom. The van der Waals surface area contributed by atoms with E-state index in [2.05, 4.69) is 11.9 Å². The topological polar surface area (TPSA) is 110 Å². The molecule has 0 saturated heterocycles. The molecule has 0 fully saturated rings. The van der Waals surface area contributed by atoms with Crippen LogP contribution in [0.4, 0.5) is 0 Å². The van der Waals surface area contributed by atoms with E-state index in [1.807, 2.05) is 6.07 Å². The number of nitrogens with two attached hydrogens (primary N) is 1. The molecule has 16 heavy (non-hydrogen) atoms. The molecule has 5 nitrogen and oxygen atoms in total. The molecule has 5 heteroatoms. The molecule has 0 heterocycles. The maximum atomic E-state index is 8.81. The fourth-order valence-corrected chi connectivity index (χ4v) is 1.12. The van der Waals surface area contributed by atoms with Crippen molar-refractivity contribution in [3.63, 3.8) is 0 Å². The maximum Gasteiger partial charge on any atom is 0.154 e. The van der Waals surface area contributed by atoms with Gasteiger partial charge in [0, 0.05) is 6.54 Å². The molecule has 0 amide bonds. The van der Waals surface area contributed by atoms with Crippen LogP contribution in [0, 0.1) is 39.9 Å². The van der Waals surface area contributed by atoms with Gasteiger partial charge in [-0.3, -0.25) is 4.99 Å². The molecule has 0 saturated carbocycles.